The van der Waals surface area contributed by atoms with Crippen LogP contribution in [0.3, 0.4) is 0 Å². The molecule has 1 amide bonds. The van der Waals surface area contributed by atoms with Crippen LogP contribution in [-0.4, -0.2) is 47.4 Å². The van der Waals surface area contributed by atoms with E-state index < -0.39 is 12.1 Å². The Balaban J connectivity index is 3.37. The van der Waals surface area contributed by atoms with Gasteiger partial charge in [-0.3, -0.25) is 9.59 Å². The lowest BCUT2D eigenvalue weighted by Gasteiger charge is -2.22. The maximum Gasteiger partial charge on any atom is 0.305 e. The van der Waals surface area contributed by atoms with E-state index in [2.05, 4.69) is 31.3 Å². The molecular weight excluding hydrogens is 779 g/mol. The Hall–Kier alpha value is -1.40. The summed E-state index contributed by atoms with van der Waals surface area (Å²) in [5.74, 6) is -0.0325. The predicted octanol–water partition coefficient (Wildman–Crippen LogP) is 17.3. The van der Waals surface area contributed by atoms with E-state index >= 15 is 0 Å². The van der Waals surface area contributed by atoms with Crippen LogP contribution in [0, 0.1) is 0 Å². The molecule has 2 atom stereocenters. The van der Waals surface area contributed by atoms with Gasteiger partial charge in [0.05, 0.1) is 25.4 Å². The second kappa shape index (κ2) is 53.2. The van der Waals surface area contributed by atoms with Gasteiger partial charge in [0, 0.05) is 12.8 Å². The molecule has 0 saturated heterocycles. The van der Waals surface area contributed by atoms with Crippen LogP contribution in [0.25, 0.3) is 0 Å². The van der Waals surface area contributed by atoms with Gasteiger partial charge in [-0.2, -0.15) is 0 Å². The lowest BCUT2D eigenvalue weighted by Crippen LogP contribution is -2.45. The van der Waals surface area contributed by atoms with Gasteiger partial charge in [-0.05, 0) is 51.4 Å². The predicted molar refractivity (Wildman–Crippen MR) is 273 cm³/mol. The quantitative estimate of drug-likeness (QED) is 0.0321. The Morgan fingerprint density at radius 3 is 1.13 bits per heavy atom. The largest absolute Gasteiger partial charge is 0.466 e. The first-order valence-corrected chi connectivity index (χ1v) is 28.4. The van der Waals surface area contributed by atoms with Crippen LogP contribution in [0.4, 0.5) is 0 Å². The van der Waals surface area contributed by atoms with E-state index in [4.69, 9.17) is 4.74 Å². The summed E-state index contributed by atoms with van der Waals surface area (Å²) in [6, 6.07) is -0.544. The van der Waals surface area contributed by atoms with E-state index in [1.54, 1.807) is 0 Å². The number of carbonyl (C=O) groups excluding carboxylic acids is 2. The van der Waals surface area contributed by atoms with Gasteiger partial charge in [0.2, 0.25) is 5.91 Å². The van der Waals surface area contributed by atoms with Crippen molar-refractivity contribution in [2.75, 3.05) is 13.2 Å². The molecule has 0 fully saturated rings. The highest BCUT2D eigenvalue weighted by Crippen LogP contribution is 2.17. The van der Waals surface area contributed by atoms with Crippen molar-refractivity contribution in [1.82, 2.24) is 5.32 Å². The fourth-order valence-electron chi connectivity index (χ4n) is 8.93. The molecule has 63 heavy (non-hydrogen) atoms. The number of amides is 1. The second-order valence-corrected chi connectivity index (χ2v) is 19.6. The van der Waals surface area contributed by atoms with E-state index in [0.717, 1.165) is 38.5 Å². The minimum Gasteiger partial charge on any atom is -0.466 e. The monoisotopic (exact) mass is 890 g/mol. The molecule has 0 aromatic rings. The number of ether oxygens (including phenoxy) is 1. The lowest BCUT2D eigenvalue weighted by molar-refractivity contribution is -0.143. The molecule has 0 rings (SSSR count). The molecule has 0 aliphatic carbocycles. The highest BCUT2D eigenvalue weighted by atomic mass is 16.5. The summed E-state index contributed by atoms with van der Waals surface area (Å²) in [6.07, 6.45) is 62.1. The molecule has 0 radical (unpaired) electrons. The number of hydrogen-bond donors (Lipinski definition) is 3. The molecule has 0 saturated carbocycles. The summed E-state index contributed by atoms with van der Waals surface area (Å²) < 4.78 is 5.48. The SMILES string of the molecule is CCCCCCCCCCCCCCCCCCC(=O)OCCCCCCCCCCCC/C=C\CCCCCCCCCC(=O)NC(CO)C(O)CCCCCCCCCCC. The van der Waals surface area contributed by atoms with Crippen molar-refractivity contribution in [1.29, 1.82) is 0 Å². The van der Waals surface area contributed by atoms with Crippen molar-refractivity contribution in [2.45, 2.75) is 328 Å². The fraction of sp³-hybridized carbons (Fsp3) is 0.930. The standard InChI is InChI=1S/C57H111NO5/c1-3-5-7-9-11-13-14-15-16-25-28-31-35-39-43-47-51-57(62)63-52-48-44-40-36-32-29-26-23-21-19-17-18-20-22-24-27-30-34-38-42-46-50-56(61)58-54(53-59)55(60)49-45-41-37-33-12-10-8-6-4-2/h18,20,54-55,59-60H,3-17,19,21-53H2,1-2H3,(H,58,61)/b20-18-. The maximum atomic E-state index is 12.4. The first-order chi connectivity index (χ1) is 31.0. The number of aliphatic hydroxyl groups is 2. The average molecular weight is 891 g/mol. The van der Waals surface area contributed by atoms with Crippen LogP contribution in [0.5, 0.6) is 0 Å². The zero-order valence-corrected chi connectivity index (χ0v) is 42.6. The van der Waals surface area contributed by atoms with Gasteiger partial charge in [-0.15, -0.1) is 0 Å². The van der Waals surface area contributed by atoms with Crippen molar-refractivity contribution in [3.05, 3.63) is 12.2 Å². The van der Waals surface area contributed by atoms with E-state index in [-0.39, 0.29) is 18.5 Å². The molecule has 3 N–H and O–H groups in total. The molecule has 0 bridgehead atoms. The number of hydrogen-bond acceptors (Lipinski definition) is 5. The average Bonchev–Trinajstić information content (AvgIpc) is 3.28. The molecule has 374 valence electrons. The highest BCUT2D eigenvalue weighted by molar-refractivity contribution is 5.76. The molecule has 0 aliphatic heterocycles. The zero-order chi connectivity index (χ0) is 45.8. The van der Waals surface area contributed by atoms with Crippen molar-refractivity contribution in [3.8, 4) is 0 Å². The van der Waals surface area contributed by atoms with E-state index in [1.807, 2.05) is 0 Å². The fourth-order valence-corrected chi connectivity index (χ4v) is 8.93. The summed E-state index contributed by atoms with van der Waals surface area (Å²) in [5.41, 5.74) is 0. The number of rotatable bonds is 53. The molecule has 6 heteroatoms. The van der Waals surface area contributed by atoms with Crippen molar-refractivity contribution >= 4 is 11.9 Å². The van der Waals surface area contributed by atoms with Gasteiger partial charge in [-0.25, -0.2) is 0 Å². The number of carbonyl (C=O) groups is 2. The van der Waals surface area contributed by atoms with Gasteiger partial charge in [-0.1, -0.05) is 264 Å². The van der Waals surface area contributed by atoms with E-state index in [1.165, 1.54) is 244 Å². The van der Waals surface area contributed by atoms with Gasteiger partial charge < -0.3 is 20.3 Å². The van der Waals surface area contributed by atoms with E-state index in [0.29, 0.717) is 25.9 Å². The van der Waals surface area contributed by atoms with Gasteiger partial charge in [0.1, 0.15) is 0 Å². The Morgan fingerprint density at radius 1 is 0.429 bits per heavy atom. The molecule has 0 aromatic heterocycles. The third-order valence-corrected chi connectivity index (χ3v) is 13.3. The Bertz CT molecular complexity index is 939. The Labute approximate surface area is 393 Å². The van der Waals surface area contributed by atoms with Crippen LogP contribution < -0.4 is 5.32 Å². The van der Waals surface area contributed by atoms with Crippen molar-refractivity contribution in [3.63, 3.8) is 0 Å². The molecule has 0 heterocycles. The highest BCUT2D eigenvalue weighted by Gasteiger charge is 2.20. The number of aliphatic hydroxyl groups excluding tert-OH is 2. The minimum atomic E-state index is -0.666. The molecule has 2 unspecified atom stereocenters. The number of unbranched alkanes of at least 4 members (excludes halogenated alkanes) is 40. The normalized spacial score (nSPS) is 12.6. The molecule has 0 spiro atoms. The van der Waals surface area contributed by atoms with Crippen LogP contribution in [-0.2, 0) is 14.3 Å². The molecular formula is C57H111NO5. The van der Waals surface area contributed by atoms with Crippen molar-refractivity contribution < 1.29 is 24.5 Å². The summed E-state index contributed by atoms with van der Waals surface area (Å²) in [4.78, 5) is 24.4. The summed E-state index contributed by atoms with van der Waals surface area (Å²) in [5, 5.41) is 23.1. The molecule has 0 aromatic carbocycles. The lowest BCUT2D eigenvalue weighted by atomic mass is 10.0. The molecule has 0 aliphatic rings. The number of esters is 1. The first kappa shape index (κ1) is 61.6. The minimum absolute atomic E-state index is 0.0118. The van der Waals surface area contributed by atoms with Gasteiger partial charge in [0.25, 0.3) is 0 Å². The summed E-state index contributed by atoms with van der Waals surface area (Å²) in [6.45, 7) is 4.94. The van der Waals surface area contributed by atoms with Gasteiger partial charge >= 0.3 is 5.97 Å². The first-order valence-electron chi connectivity index (χ1n) is 28.4. The Morgan fingerprint density at radius 2 is 0.746 bits per heavy atom. The van der Waals surface area contributed by atoms with Crippen LogP contribution in [0.1, 0.15) is 316 Å². The number of allylic oxidation sites excluding steroid dienone is 2. The zero-order valence-electron chi connectivity index (χ0n) is 42.6. The Kier molecular flexibility index (Phi) is 52.0. The summed E-state index contributed by atoms with van der Waals surface area (Å²) >= 11 is 0. The van der Waals surface area contributed by atoms with Crippen LogP contribution >= 0.6 is 0 Å². The van der Waals surface area contributed by atoms with Crippen LogP contribution in [0.2, 0.25) is 0 Å². The van der Waals surface area contributed by atoms with E-state index in [9.17, 15) is 19.8 Å². The smallest absolute Gasteiger partial charge is 0.305 e. The van der Waals surface area contributed by atoms with Crippen LogP contribution in [0.15, 0.2) is 12.2 Å². The third kappa shape index (κ3) is 49.9. The topological polar surface area (TPSA) is 95.9 Å². The third-order valence-electron chi connectivity index (χ3n) is 13.3. The maximum absolute atomic E-state index is 12.4. The van der Waals surface area contributed by atoms with Gasteiger partial charge in [0.15, 0.2) is 0 Å². The second-order valence-electron chi connectivity index (χ2n) is 19.6. The molecule has 6 nitrogen and oxygen atoms in total. The summed E-state index contributed by atoms with van der Waals surface area (Å²) in [7, 11) is 0. The number of nitrogens with one attached hydrogen (secondary N) is 1. The van der Waals surface area contributed by atoms with Crippen molar-refractivity contribution in [2.24, 2.45) is 0 Å².